The maximum absolute atomic E-state index is 4.60. The van der Waals surface area contributed by atoms with Gasteiger partial charge in [-0.05, 0) is 11.3 Å². The van der Waals surface area contributed by atoms with Crippen LogP contribution in [0.2, 0.25) is 0 Å². The van der Waals surface area contributed by atoms with E-state index in [0.717, 1.165) is 11.7 Å². The van der Waals surface area contributed by atoms with Crippen molar-refractivity contribution in [1.82, 2.24) is 5.32 Å². The molecule has 1 fully saturated rings. The zero-order chi connectivity index (χ0) is 10.8. The Morgan fingerprint density at radius 3 is 2.57 bits per heavy atom. The van der Waals surface area contributed by atoms with Gasteiger partial charge in [0.25, 0.3) is 0 Å². The quantitative estimate of drug-likeness (QED) is 0.764. The lowest BCUT2D eigenvalue weighted by Gasteiger charge is -2.16. The Kier molecular flexibility index (Phi) is 3.87. The molecule has 1 rings (SSSR count). The molecule has 0 unspecified atom stereocenters. The SMILES string of the molecule is CC(C)[C@H]1CSC(=NCC(C)(C)C)N1. The highest BCUT2D eigenvalue weighted by molar-refractivity contribution is 8.14. The minimum absolute atomic E-state index is 0.297. The third kappa shape index (κ3) is 3.91. The molecule has 1 aliphatic heterocycles. The van der Waals surface area contributed by atoms with Gasteiger partial charge in [-0.2, -0.15) is 0 Å². The Balaban J connectivity index is 2.42. The molecule has 3 heteroatoms. The van der Waals surface area contributed by atoms with E-state index in [1.165, 1.54) is 5.75 Å². The average Bonchev–Trinajstić information content (AvgIpc) is 2.47. The first kappa shape index (κ1) is 11.9. The van der Waals surface area contributed by atoms with Crippen LogP contribution in [0.25, 0.3) is 0 Å². The summed E-state index contributed by atoms with van der Waals surface area (Å²) in [5, 5.41) is 4.61. The van der Waals surface area contributed by atoms with Gasteiger partial charge in [0.1, 0.15) is 0 Å². The maximum Gasteiger partial charge on any atom is 0.156 e. The Bertz CT molecular complexity index is 216. The van der Waals surface area contributed by atoms with Crippen LogP contribution in [0.5, 0.6) is 0 Å². The summed E-state index contributed by atoms with van der Waals surface area (Å²) in [6.07, 6.45) is 0. The van der Waals surface area contributed by atoms with Crippen molar-refractivity contribution in [3.8, 4) is 0 Å². The summed E-state index contributed by atoms with van der Waals surface area (Å²) in [7, 11) is 0. The fourth-order valence-corrected chi connectivity index (χ4v) is 2.37. The highest BCUT2D eigenvalue weighted by atomic mass is 32.2. The van der Waals surface area contributed by atoms with Gasteiger partial charge in [-0.3, -0.25) is 4.99 Å². The van der Waals surface area contributed by atoms with Gasteiger partial charge in [0.15, 0.2) is 5.17 Å². The molecule has 0 aromatic heterocycles. The smallest absolute Gasteiger partial charge is 0.156 e. The molecule has 0 aromatic rings. The van der Waals surface area contributed by atoms with Crippen LogP contribution < -0.4 is 5.32 Å². The normalized spacial score (nSPS) is 25.9. The van der Waals surface area contributed by atoms with E-state index >= 15 is 0 Å². The Morgan fingerprint density at radius 1 is 1.50 bits per heavy atom. The third-order valence-electron chi connectivity index (χ3n) is 2.21. The summed E-state index contributed by atoms with van der Waals surface area (Å²) in [5.74, 6) is 1.87. The van der Waals surface area contributed by atoms with Crippen molar-refractivity contribution < 1.29 is 0 Å². The molecule has 0 spiro atoms. The summed E-state index contributed by atoms with van der Waals surface area (Å²) >= 11 is 1.86. The van der Waals surface area contributed by atoms with Gasteiger partial charge >= 0.3 is 0 Å². The molecule has 1 saturated heterocycles. The molecular weight excluding hydrogens is 192 g/mol. The molecule has 1 heterocycles. The topological polar surface area (TPSA) is 24.4 Å². The first-order chi connectivity index (χ1) is 6.38. The number of nitrogens with zero attached hydrogens (tertiary/aromatic N) is 1. The van der Waals surface area contributed by atoms with Crippen LogP contribution in [-0.4, -0.2) is 23.5 Å². The van der Waals surface area contributed by atoms with Crippen molar-refractivity contribution in [2.24, 2.45) is 16.3 Å². The fourth-order valence-electron chi connectivity index (χ4n) is 1.17. The number of hydrogen-bond donors (Lipinski definition) is 1. The molecule has 1 atom stereocenters. The predicted octanol–water partition coefficient (Wildman–Crippen LogP) is 2.75. The molecule has 0 amide bonds. The van der Waals surface area contributed by atoms with E-state index in [9.17, 15) is 0 Å². The maximum atomic E-state index is 4.60. The monoisotopic (exact) mass is 214 g/mol. The first-order valence-corrected chi connectivity index (χ1v) is 6.31. The molecule has 1 N–H and O–H groups in total. The van der Waals surface area contributed by atoms with E-state index < -0.39 is 0 Å². The van der Waals surface area contributed by atoms with Crippen molar-refractivity contribution in [1.29, 1.82) is 0 Å². The lowest BCUT2D eigenvalue weighted by atomic mass is 9.97. The fraction of sp³-hybridized carbons (Fsp3) is 0.909. The van der Waals surface area contributed by atoms with Crippen molar-refractivity contribution in [3.05, 3.63) is 0 Å². The number of nitrogens with one attached hydrogen (secondary N) is 1. The number of thioether (sulfide) groups is 1. The van der Waals surface area contributed by atoms with Crippen LogP contribution in [0.1, 0.15) is 34.6 Å². The molecule has 0 radical (unpaired) electrons. The summed E-state index contributed by atoms with van der Waals surface area (Å²) in [5.41, 5.74) is 0.297. The minimum atomic E-state index is 0.297. The van der Waals surface area contributed by atoms with Crippen LogP contribution in [-0.2, 0) is 0 Å². The first-order valence-electron chi connectivity index (χ1n) is 5.32. The lowest BCUT2D eigenvalue weighted by Crippen LogP contribution is -2.32. The number of amidine groups is 1. The standard InChI is InChI=1S/C11H22N2S/c1-8(2)9-6-14-10(13-9)12-7-11(3,4)5/h8-9H,6-7H2,1-5H3,(H,12,13)/t9-/m1/s1. The van der Waals surface area contributed by atoms with E-state index in [-0.39, 0.29) is 0 Å². The molecule has 82 valence electrons. The second-order valence-electron chi connectivity index (χ2n) is 5.49. The van der Waals surface area contributed by atoms with Crippen LogP contribution >= 0.6 is 11.8 Å². The summed E-state index contributed by atoms with van der Waals surface area (Å²) in [4.78, 5) is 4.60. The summed E-state index contributed by atoms with van der Waals surface area (Å²) < 4.78 is 0. The zero-order valence-corrected chi connectivity index (χ0v) is 10.7. The Hall–Kier alpha value is -0.180. The minimum Gasteiger partial charge on any atom is -0.361 e. The third-order valence-corrected chi connectivity index (χ3v) is 3.26. The van der Waals surface area contributed by atoms with Gasteiger partial charge in [0.05, 0.1) is 0 Å². The Morgan fingerprint density at radius 2 is 2.14 bits per heavy atom. The average molecular weight is 214 g/mol. The molecule has 0 bridgehead atoms. The van der Waals surface area contributed by atoms with E-state index in [1.54, 1.807) is 0 Å². The van der Waals surface area contributed by atoms with Gasteiger partial charge in [-0.15, -0.1) is 0 Å². The van der Waals surface area contributed by atoms with Crippen molar-refractivity contribution in [2.45, 2.75) is 40.7 Å². The van der Waals surface area contributed by atoms with Gasteiger partial charge in [0.2, 0.25) is 0 Å². The molecule has 0 aliphatic carbocycles. The van der Waals surface area contributed by atoms with E-state index in [1.807, 2.05) is 11.8 Å². The van der Waals surface area contributed by atoms with Crippen LogP contribution in [0, 0.1) is 11.3 Å². The van der Waals surface area contributed by atoms with Gasteiger partial charge in [0, 0.05) is 18.3 Å². The van der Waals surface area contributed by atoms with Crippen molar-refractivity contribution in [2.75, 3.05) is 12.3 Å². The largest absolute Gasteiger partial charge is 0.361 e. The molecular formula is C11H22N2S. The van der Waals surface area contributed by atoms with Crippen molar-refractivity contribution in [3.63, 3.8) is 0 Å². The molecule has 2 nitrogen and oxygen atoms in total. The molecule has 14 heavy (non-hydrogen) atoms. The zero-order valence-electron chi connectivity index (χ0n) is 9.92. The summed E-state index contributed by atoms with van der Waals surface area (Å²) in [6.45, 7) is 12.1. The van der Waals surface area contributed by atoms with Crippen LogP contribution in [0.3, 0.4) is 0 Å². The second kappa shape index (κ2) is 4.56. The van der Waals surface area contributed by atoms with E-state index in [0.29, 0.717) is 17.4 Å². The Labute approximate surface area is 92.0 Å². The van der Waals surface area contributed by atoms with Crippen LogP contribution in [0.15, 0.2) is 4.99 Å². The number of rotatable bonds is 2. The number of hydrogen-bond acceptors (Lipinski definition) is 2. The molecule has 0 aromatic carbocycles. The molecule has 0 saturated carbocycles. The predicted molar refractivity (Wildman–Crippen MR) is 66.0 cm³/mol. The van der Waals surface area contributed by atoms with Gasteiger partial charge in [-0.25, -0.2) is 0 Å². The highest BCUT2D eigenvalue weighted by Crippen LogP contribution is 2.20. The summed E-state index contributed by atoms with van der Waals surface area (Å²) in [6, 6.07) is 0.610. The van der Waals surface area contributed by atoms with E-state index in [4.69, 9.17) is 0 Å². The lowest BCUT2D eigenvalue weighted by molar-refractivity contribution is 0.428. The van der Waals surface area contributed by atoms with Crippen LogP contribution in [0.4, 0.5) is 0 Å². The van der Waals surface area contributed by atoms with E-state index in [2.05, 4.69) is 44.9 Å². The molecule has 1 aliphatic rings. The number of aliphatic imine (C=N–C) groups is 1. The highest BCUT2D eigenvalue weighted by Gasteiger charge is 2.23. The van der Waals surface area contributed by atoms with Gasteiger partial charge < -0.3 is 5.32 Å². The second-order valence-corrected chi connectivity index (χ2v) is 6.50. The van der Waals surface area contributed by atoms with Gasteiger partial charge in [-0.1, -0.05) is 46.4 Å². The van der Waals surface area contributed by atoms with Crippen molar-refractivity contribution >= 4 is 16.9 Å².